The molecule has 1 aliphatic heterocycles. The average molecular weight is 175 g/mol. The Bertz CT molecular complexity index is 194. The van der Waals surface area contributed by atoms with Crippen molar-refractivity contribution in [1.82, 2.24) is 4.90 Å². The molecule has 0 radical (unpaired) electrons. The second-order valence-electron chi connectivity index (χ2n) is 2.24. The summed E-state index contributed by atoms with van der Waals surface area (Å²) in [5.74, 6) is 2.85. The molecule has 3 nitrogen and oxygen atoms in total. The quantitative estimate of drug-likeness (QED) is 0.448. The van der Waals surface area contributed by atoms with E-state index in [0.717, 1.165) is 13.0 Å². The van der Waals surface area contributed by atoms with Gasteiger partial charge in [-0.05, 0) is 6.42 Å². The number of hydrogen-bond donors (Lipinski definition) is 1. The maximum absolute atomic E-state index is 10.9. The Balaban J connectivity index is 0.000001000. The maximum Gasteiger partial charge on any atom is 0.223 e. The maximum atomic E-state index is 10.9. The minimum atomic E-state index is 0. The predicted molar refractivity (Wildman–Crippen MR) is 45.0 cm³/mol. The molecule has 11 heavy (non-hydrogen) atoms. The molecule has 4 heteroatoms. The zero-order valence-corrected chi connectivity index (χ0v) is 6.99. The summed E-state index contributed by atoms with van der Waals surface area (Å²) in [7, 11) is 0. The number of halogens is 1. The lowest BCUT2D eigenvalue weighted by Gasteiger charge is -2.09. The largest absolute Gasteiger partial charge is 0.359 e. The lowest BCUT2D eigenvalue weighted by molar-refractivity contribution is -0.127. The molecule has 1 rings (SSSR count). The zero-order chi connectivity index (χ0) is 7.40. The first-order valence-corrected chi connectivity index (χ1v) is 3.31. The van der Waals surface area contributed by atoms with E-state index in [1.807, 2.05) is 0 Å². The van der Waals surface area contributed by atoms with Gasteiger partial charge in [0.05, 0.1) is 6.54 Å². The fraction of sp³-hybridized carbons (Fsp3) is 0.571. The molecule has 0 bridgehead atoms. The minimum Gasteiger partial charge on any atom is -0.359 e. The Labute approximate surface area is 72.3 Å². The molecular formula is C7H11ClN2O. The summed E-state index contributed by atoms with van der Waals surface area (Å²) in [6.45, 7) is 1.34. The Morgan fingerprint density at radius 1 is 1.64 bits per heavy atom. The smallest absolute Gasteiger partial charge is 0.223 e. The second kappa shape index (κ2) is 4.86. The highest BCUT2D eigenvalue weighted by molar-refractivity contribution is 5.85. The number of hydrogen-bond acceptors (Lipinski definition) is 2. The van der Waals surface area contributed by atoms with E-state index in [1.165, 1.54) is 0 Å². The van der Waals surface area contributed by atoms with Gasteiger partial charge in [-0.2, -0.15) is 0 Å². The van der Waals surface area contributed by atoms with Crippen molar-refractivity contribution in [3.05, 3.63) is 0 Å². The van der Waals surface area contributed by atoms with Crippen molar-refractivity contribution in [2.75, 3.05) is 13.1 Å². The van der Waals surface area contributed by atoms with Gasteiger partial charge in [-0.15, -0.1) is 12.4 Å². The minimum absolute atomic E-state index is 0. The van der Waals surface area contributed by atoms with Crippen LogP contribution in [0.1, 0.15) is 12.8 Å². The number of amides is 1. The van der Waals surface area contributed by atoms with Gasteiger partial charge in [0.2, 0.25) is 5.91 Å². The normalized spacial score (nSPS) is 15.3. The summed E-state index contributed by atoms with van der Waals surface area (Å²) in [5.41, 5.74) is 4.95. The fourth-order valence-corrected chi connectivity index (χ4v) is 1.01. The molecule has 0 aromatic heterocycles. The first kappa shape index (κ1) is 10.1. The first-order valence-electron chi connectivity index (χ1n) is 3.31. The third kappa shape index (κ3) is 2.69. The third-order valence-corrected chi connectivity index (χ3v) is 1.54. The van der Waals surface area contributed by atoms with Crippen LogP contribution in [0.25, 0.3) is 0 Å². The molecule has 0 aromatic carbocycles. The van der Waals surface area contributed by atoms with Gasteiger partial charge in [0, 0.05) is 19.0 Å². The van der Waals surface area contributed by atoms with Crippen LogP contribution in [0.15, 0.2) is 0 Å². The van der Waals surface area contributed by atoms with Crippen LogP contribution < -0.4 is 5.73 Å². The summed E-state index contributed by atoms with van der Waals surface area (Å²) in [6, 6.07) is 2.27. The summed E-state index contributed by atoms with van der Waals surface area (Å²) < 4.78 is 0. The van der Waals surface area contributed by atoms with Gasteiger partial charge in [-0.3, -0.25) is 4.79 Å². The van der Waals surface area contributed by atoms with E-state index in [9.17, 15) is 4.79 Å². The standard InChI is InChI=1S/C7H10N2O.ClH/c8-4-2-6-9-5-1-3-7(9)10;/h1,3,5-6,8H2;1H. The Morgan fingerprint density at radius 3 is 2.82 bits per heavy atom. The highest BCUT2D eigenvalue weighted by Crippen LogP contribution is 2.07. The van der Waals surface area contributed by atoms with Crippen LogP contribution in [0.2, 0.25) is 0 Å². The van der Waals surface area contributed by atoms with Crippen molar-refractivity contribution in [1.29, 1.82) is 0 Å². The topological polar surface area (TPSA) is 46.3 Å². The van der Waals surface area contributed by atoms with Crippen molar-refractivity contribution in [2.24, 2.45) is 5.73 Å². The molecular weight excluding hydrogens is 164 g/mol. The van der Waals surface area contributed by atoms with E-state index in [2.05, 4.69) is 12.0 Å². The van der Waals surface area contributed by atoms with Gasteiger partial charge >= 0.3 is 0 Å². The Kier molecular flexibility index (Phi) is 4.47. The van der Waals surface area contributed by atoms with Crippen LogP contribution in [0.3, 0.4) is 0 Å². The third-order valence-electron chi connectivity index (χ3n) is 1.54. The molecule has 1 amide bonds. The van der Waals surface area contributed by atoms with Crippen LogP contribution in [0.4, 0.5) is 0 Å². The van der Waals surface area contributed by atoms with E-state index in [4.69, 9.17) is 5.73 Å². The number of nitrogens with two attached hydrogens (primary N) is 1. The van der Waals surface area contributed by atoms with Crippen LogP contribution in [-0.2, 0) is 4.79 Å². The van der Waals surface area contributed by atoms with Crippen LogP contribution in [0, 0.1) is 12.0 Å². The van der Waals surface area contributed by atoms with Crippen molar-refractivity contribution < 1.29 is 4.79 Å². The molecule has 62 valence electrons. The molecule has 0 saturated carbocycles. The summed E-state index contributed by atoms with van der Waals surface area (Å²) in [4.78, 5) is 12.6. The lowest BCUT2D eigenvalue weighted by atomic mass is 10.4. The zero-order valence-electron chi connectivity index (χ0n) is 6.17. The van der Waals surface area contributed by atoms with E-state index in [-0.39, 0.29) is 18.3 Å². The van der Waals surface area contributed by atoms with Gasteiger partial charge in [0.25, 0.3) is 0 Å². The molecule has 1 fully saturated rings. The van der Waals surface area contributed by atoms with Crippen LogP contribution in [0.5, 0.6) is 0 Å². The van der Waals surface area contributed by atoms with Crippen molar-refractivity contribution >= 4 is 18.3 Å². The van der Waals surface area contributed by atoms with Crippen LogP contribution >= 0.6 is 12.4 Å². The van der Waals surface area contributed by atoms with E-state index >= 15 is 0 Å². The van der Waals surface area contributed by atoms with Gasteiger partial charge in [0.15, 0.2) is 0 Å². The average Bonchev–Trinajstić information content (AvgIpc) is 2.31. The monoisotopic (exact) mass is 174 g/mol. The fourth-order valence-electron chi connectivity index (χ4n) is 1.01. The van der Waals surface area contributed by atoms with Crippen molar-refractivity contribution in [2.45, 2.75) is 12.8 Å². The van der Waals surface area contributed by atoms with E-state index in [0.29, 0.717) is 13.0 Å². The van der Waals surface area contributed by atoms with Crippen LogP contribution in [-0.4, -0.2) is 23.9 Å². The molecule has 0 aromatic rings. The summed E-state index contributed by atoms with van der Waals surface area (Å²) in [6.07, 6.45) is 1.64. The Morgan fingerprint density at radius 2 is 2.36 bits per heavy atom. The van der Waals surface area contributed by atoms with Gasteiger partial charge in [0.1, 0.15) is 0 Å². The predicted octanol–water partition coefficient (Wildman–Crippen LogP) is -0.0498. The molecule has 0 unspecified atom stereocenters. The summed E-state index contributed by atoms with van der Waals surface area (Å²) in [5, 5.41) is 0. The number of nitrogens with zero attached hydrogens (tertiary/aromatic N) is 1. The molecule has 0 spiro atoms. The number of carbonyl (C=O) groups excluding carboxylic acids is 1. The molecule has 0 aliphatic carbocycles. The van der Waals surface area contributed by atoms with Crippen molar-refractivity contribution in [3.8, 4) is 12.0 Å². The molecule has 1 aliphatic rings. The van der Waals surface area contributed by atoms with Gasteiger partial charge < -0.3 is 10.6 Å². The first-order chi connectivity index (χ1) is 4.84. The van der Waals surface area contributed by atoms with Gasteiger partial charge in [-0.1, -0.05) is 5.92 Å². The second-order valence-corrected chi connectivity index (χ2v) is 2.24. The van der Waals surface area contributed by atoms with Crippen molar-refractivity contribution in [3.63, 3.8) is 0 Å². The summed E-state index contributed by atoms with van der Waals surface area (Å²) >= 11 is 0. The Hall–Kier alpha value is -0.880. The molecule has 1 saturated heterocycles. The van der Waals surface area contributed by atoms with Gasteiger partial charge in [-0.25, -0.2) is 0 Å². The molecule has 1 heterocycles. The number of likely N-dealkylation sites (tertiary alicyclic amines) is 1. The highest BCUT2D eigenvalue weighted by Gasteiger charge is 2.18. The highest BCUT2D eigenvalue weighted by atomic mass is 35.5. The van der Waals surface area contributed by atoms with E-state index < -0.39 is 0 Å². The molecule has 2 N–H and O–H groups in total. The number of carbonyl (C=O) groups is 1. The molecule has 0 atom stereocenters. The number of rotatable bonds is 1. The lowest BCUT2D eigenvalue weighted by Crippen LogP contribution is -2.24. The van der Waals surface area contributed by atoms with E-state index in [1.54, 1.807) is 4.90 Å². The SMILES string of the molecule is Cl.NC#CCN1CCCC1=O.